The molecule has 0 spiro atoms. The van der Waals surface area contributed by atoms with Crippen LogP contribution >= 0.6 is 0 Å². The van der Waals surface area contributed by atoms with Crippen LogP contribution in [0, 0.1) is 0 Å². The third-order valence-electron chi connectivity index (χ3n) is 4.89. The molecule has 4 rings (SSSR count). The van der Waals surface area contributed by atoms with Crippen molar-refractivity contribution in [1.29, 1.82) is 0 Å². The quantitative estimate of drug-likeness (QED) is 0.714. The number of hydrogen-bond donors (Lipinski definition) is 1. The molecule has 1 N–H and O–H groups in total. The number of para-hydroxylation sites is 1. The predicted octanol–water partition coefficient (Wildman–Crippen LogP) is 1.94. The van der Waals surface area contributed by atoms with Crippen molar-refractivity contribution in [2.24, 2.45) is 0 Å². The molecule has 8 heteroatoms. The Labute approximate surface area is 154 Å². The Morgan fingerprint density at radius 2 is 2.15 bits per heavy atom. The zero-order valence-corrected chi connectivity index (χ0v) is 14.6. The van der Waals surface area contributed by atoms with Gasteiger partial charge in [0.15, 0.2) is 6.67 Å². The number of fused-ring (bicyclic) bond motifs is 3. The molecule has 2 aromatic heterocycles. The number of ether oxygens (including phenoxy) is 1. The topological polar surface area (TPSA) is 88.2 Å². The number of H-pyrrole nitrogens is 1. The maximum atomic E-state index is 13.4. The van der Waals surface area contributed by atoms with E-state index in [9.17, 15) is 14.0 Å². The van der Waals surface area contributed by atoms with Gasteiger partial charge in [-0.2, -0.15) is 0 Å². The van der Waals surface area contributed by atoms with Gasteiger partial charge in [-0.15, -0.1) is 0 Å². The Morgan fingerprint density at radius 1 is 1.33 bits per heavy atom. The van der Waals surface area contributed by atoms with Crippen LogP contribution in [0.5, 0.6) is 0 Å². The number of alkyl halides is 1. The van der Waals surface area contributed by atoms with Gasteiger partial charge in [-0.3, -0.25) is 4.79 Å². The monoisotopic (exact) mass is 368 g/mol. The highest BCUT2D eigenvalue weighted by molar-refractivity contribution is 5.91. The number of aromatic amines is 1. The highest BCUT2D eigenvalue weighted by Gasteiger charge is 2.44. The van der Waals surface area contributed by atoms with Gasteiger partial charge in [0.2, 0.25) is 0 Å². The molecule has 3 heterocycles. The standard InChI is InChI=1S/C19H17FN4O3/c1-27-19(26)15-8-12-11-4-2-3-5-13(11)23-17(12)18(24(15)16(25)9-20)14-6-7-21-10-22-14/h2-7,10,15,18,23H,8-9H2,1H3. The number of esters is 1. The summed E-state index contributed by atoms with van der Waals surface area (Å²) in [7, 11) is 1.25. The summed E-state index contributed by atoms with van der Waals surface area (Å²) in [6, 6.07) is 7.63. The first-order chi connectivity index (χ1) is 13.2. The Kier molecular flexibility index (Phi) is 4.31. The number of hydrogen-bond acceptors (Lipinski definition) is 5. The van der Waals surface area contributed by atoms with Crippen molar-refractivity contribution < 1.29 is 18.7 Å². The summed E-state index contributed by atoms with van der Waals surface area (Å²) in [5.41, 5.74) is 2.98. The minimum absolute atomic E-state index is 0.235. The summed E-state index contributed by atoms with van der Waals surface area (Å²) in [6.45, 7) is -1.22. The van der Waals surface area contributed by atoms with E-state index < -0.39 is 30.6 Å². The number of halogens is 1. The fourth-order valence-corrected chi connectivity index (χ4v) is 3.76. The number of carbonyl (C=O) groups excluding carboxylic acids is 2. The molecule has 3 aromatic rings. The lowest BCUT2D eigenvalue weighted by atomic mass is 9.89. The molecule has 0 radical (unpaired) electrons. The summed E-state index contributed by atoms with van der Waals surface area (Å²) < 4.78 is 18.3. The number of amides is 1. The number of carbonyl (C=O) groups is 2. The van der Waals surface area contributed by atoms with Crippen molar-refractivity contribution in [1.82, 2.24) is 19.9 Å². The lowest BCUT2D eigenvalue weighted by Crippen LogP contribution is -2.52. The molecule has 0 saturated heterocycles. The number of methoxy groups -OCH3 is 1. The van der Waals surface area contributed by atoms with Gasteiger partial charge in [0.25, 0.3) is 5.91 Å². The number of aromatic nitrogens is 3. The van der Waals surface area contributed by atoms with Crippen molar-refractivity contribution in [3.63, 3.8) is 0 Å². The van der Waals surface area contributed by atoms with Crippen LogP contribution in [-0.2, 0) is 20.7 Å². The molecular weight excluding hydrogens is 351 g/mol. The maximum Gasteiger partial charge on any atom is 0.328 e. The molecule has 1 aliphatic heterocycles. The van der Waals surface area contributed by atoms with Crippen LogP contribution < -0.4 is 0 Å². The zero-order chi connectivity index (χ0) is 19.0. The number of rotatable bonds is 3. The van der Waals surface area contributed by atoms with Crippen LogP contribution in [0.15, 0.2) is 42.9 Å². The first-order valence-electron chi connectivity index (χ1n) is 8.46. The van der Waals surface area contributed by atoms with E-state index in [-0.39, 0.29) is 6.42 Å². The molecule has 0 fully saturated rings. The van der Waals surface area contributed by atoms with E-state index in [1.54, 1.807) is 12.3 Å². The molecule has 1 amide bonds. The summed E-state index contributed by atoms with van der Waals surface area (Å²) in [6.07, 6.45) is 3.14. The highest BCUT2D eigenvalue weighted by atomic mass is 19.1. The third kappa shape index (κ3) is 2.73. The summed E-state index contributed by atoms with van der Waals surface area (Å²) in [5, 5.41) is 0.952. The lowest BCUT2D eigenvalue weighted by Gasteiger charge is -2.39. The number of nitrogens with one attached hydrogen (secondary N) is 1. The zero-order valence-electron chi connectivity index (χ0n) is 14.6. The summed E-state index contributed by atoms with van der Waals surface area (Å²) >= 11 is 0. The van der Waals surface area contributed by atoms with Gasteiger partial charge in [0.05, 0.1) is 12.8 Å². The molecule has 0 bridgehead atoms. The van der Waals surface area contributed by atoms with Crippen molar-refractivity contribution in [2.45, 2.75) is 18.5 Å². The van der Waals surface area contributed by atoms with Crippen LogP contribution in [0.3, 0.4) is 0 Å². The van der Waals surface area contributed by atoms with Crippen LogP contribution in [0.4, 0.5) is 4.39 Å². The van der Waals surface area contributed by atoms with E-state index >= 15 is 0 Å². The van der Waals surface area contributed by atoms with E-state index in [1.807, 2.05) is 24.3 Å². The molecule has 1 aliphatic rings. The van der Waals surface area contributed by atoms with Gasteiger partial charge in [-0.05, 0) is 17.7 Å². The van der Waals surface area contributed by atoms with Gasteiger partial charge in [0, 0.05) is 29.2 Å². The summed E-state index contributed by atoms with van der Waals surface area (Å²) in [4.78, 5) is 37.7. The molecule has 2 unspecified atom stereocenters. The van der Waals surface area contributed by atoms with Crippen LogP contribution in [0.2, 0.25) is 0 Å². The summed E-state index contributed by atoms with van der Waals surface area (Å²) in [5.74, 6) is -1.38. The number of benzene rings is 1. The molecule has 138 valence electrons. The molecule has 2 atom stereocenters. The van der Waals surface area contributed by atoms with Crippen LogP contribution in [-0.4, -0.2) is 51.6 Å². The van der Waals surface area contributed by atoms with Crippen molar-refractivity contribution >= 4 is 22.8 Å². The Hall–Kier alpha value is -3.29. The fraction of sp³-hybridized carbons (Fsp3) is 0.263. The van der Waals surface area contributed by atoms with E-state index in [1.165, 1.54) is 18.3 Å². The average Bonchev–Trinajstić information content (AvgIpc) is 3.10. The second-order valence-electron chi connectivity index (χ2n) is 6.28. The minimum atomic E-state index is -1.22. The predicted molar refractivity (Wildman–Crippen MR) is 94.5 cm³/mol. The minimum Gasteiger partial charge on any atom is -0.467 e. The Balaban J connectivity index is 1.98. The number of nitrogens with zero attached hydrogens (tertiary/aromatic N) is 3. The van der Waals surface area contributed by atoms with Crippen molar-refractivity contribution in [2.75, 3.05) is 13.8 Å². The first kappa shape index (κ1) is 17.1. The van der Waals surface area contributed by atoms with Crippen molar-refractivity contribution in [3.8, 4) is 0 Å². The van der Waals surface area contributed by atoms with Gasteiger partial charge >= 0.3 is 5.97 Å². The van der Waals surface area contributed by atoms with Gasteiger partial charge < -0.3 is 14.6 Å². The van der Waals surface area contributed by atoms with Crippen LogP contribution in [0.1, 0.15) is 23.0 Å². The van der Waals surface area contributed by atoms with Crippen LogP contribution in [0.25, 0.3) is 10.9 Å². The highest BCUT2D eigenvalue weighted by Crippen LogP contribution is 2.40. The second-order valence-corrected chi connectivity index (χ2v) is 6.28. The average molecular weight is 368 g/mol. The molecule has 27 heavy (non-hydrogen) atoms. The third-order valence-corrected chi connectivity index (χ3v) is 4.89. The van der Waals surface area contributed by atoms with E-state index in [2.05, 4.69) is 15.0 Å². The SMILES string of the molecule is COC(=O)C1Cc2c([nH]c3ccccc23)C(c2ccncn2)N1C(=O)CF. The molecule has 1 aromatic carbocycles. The lowest BCUT2D eigenvalue weighted by molar-refractivity contribution is -0.155. The van der Waals surface area contributed by atoms with Gasteiger partial charge in [0.1, 0.15) is 18.4 Å². The Bertz CT molecular complexity index is 1000. The van der Waals surface area contributed by atoms with Gasteiger partial charge in [-0.25, -0.2) is 19.2 Å². The van der Waals surface area contributed by atoms with E-state index in [0.29, 0.717) is 5.69 Å². The largest absolute Gasteiger partial charge is 0.467 e. The fourth-order valence-electron chi connectivity index (χ4n) is 3.76. The molecular formula is C19H17FN4O3. The van der Waals surface area contributed by atoms with E-state index in [0.717, 1.165) is 22.2 Å². The maximum absolute atomic E-state index is 13.4. The Morgan fingerprint density at radius 3 is 2.85 bits per heavy atom. The molecule has 0 saturated carbocycles. The molecule has 0 aliphatic carbocycles. The molecule has 7 nitrogen and oxygen atoms in total. The van der Waals surface area contributed by atoms with Crippen molar-refractivity contribution in [3.05, 3.63) is 59.8 Å². The van der Waals surface area contributed by atoms with Gasteiger partial charge in [-0.1, -0.05) is 18.2 Å². The second kappa shape index (κ2) is 6.79. The smallest absolute Gasteiger partial charge is 0.328 e. The first-order valence-corrected chi connectivity index (χ1v) is 8.46. The van der Waals surface area contributed by atoms with E-state index in [4.69, 9.17) is 4.74 Å². The normalized spacial score (nSPS) is 19.0.